The SMILES string of the molecule is C.C.C.C.Cc1ccccc1-c1nnc(-c2[c-]cc(-n3c4ccccc4c4ccccc43)cc2)n1-c1c(C(C)C)cccc1C(C)C.Cc1ccccc1-c1nnc(-c2[c-]cc(-n3c4ccccc4c4ccccc43)cc2)n1-c1c(C)cccc1C.[Ir].[Ir]. The maximum atomic E-state index is 4.85. The molecule has 0 saturated heterocycles. The van der Waals surface area contributed by atoms with Gasteiger partial charge < -0.3 is 18.3 Å². The van der Waals surface area contributed by atoms with Crippen molar-refractivity contribution in [1.82, 2.24) is 38.7 Å². The van der Waals surface area contributed by atoms with Gasteiger partial charge in [0.2, 0.25) is 0 Å². The van der Waals surface area contributed by atoms with Gasteiger partial charge in [0.05, 0.1) is 11.6 Å². The van der Waals surface area contributed by atoms with Crippen LogP contribution in [-0.2, 0) is 40.2 Å². The van der Waals surface area contributed by atoms with E-state index in [2.05, 4.69) is 304 Å². The summed E-state index contributed by atoms with van der Waals surface area (Å²) >= 11 is 0. The predicted octanol–water partition coefficient (Wildman–Crippen LogP) is 21.0. The number of hydrogen-bond acceptors (Lipinski definition) is 4. The average Bonchev–Trinajstić information content (AvgIpc) is 1.81. The van der Waals surface area contributed by atoms with Crippen LogP contribution < -0.4 is 0 Å². The first-order chi connectivity index (χ1) is 40.0. The fraction of sp³-hybridized carbons (Fsp3) is 0.179. The Morgan fingerprint density at radius 3 is 0.955 bits per heavy atom. The van der Waals surface area contributed by atoms with Crippen LogP contribution in [0.2, 0.25) is 0 Å². The van der Waals surface area contributed by atoms with Crippen molar-refractivity contribution < 1.29 is 40.2 Å². The summed E-state index contributed by atoms with van der Waals surface area (Å²) in [7, 11) is 0. The van der Waals surface area contributed by atoms with Crippen LogP contribution >= 0.6 is 0 Å². The standard InChI is InChI=1S/C39H35N4.C35H27N4.4CH4.2Ir/c1-25(2)30-17-12-18-31(26(3)4)37(30)43-38(40-41-39(43)32-14-7-6-13-27(32)5)28-21-23-29(24-22-28)42-35-19-10-8-15-33(35)34-16-9-11-20-36(34)42;1-23-11-4-5-14-28(23)35-37-36-34(39(35)33-24(2)12-10-13-25(33)3)26-19-21-27(22-20-26)38-31-17-8-6-15-29(31)30-16-7-9-18-32(30)38;;;;;;/h6-21,23-26H,1-5H3;4-19,21-22H,1-3H3;4*1H4;;/q2*-1;;;;;;. The van der Waals surface area contributed by atoms with Crippen molar-refractivity contribution in [2.75, 3.05) is 0 Å². The van der Waals surface area contributed by atoms with Crippen molar-refractivity contribution in [2.24, 2.45) is 0 Å². The van der Waals surface area contributed by atoms with Gasteiger partial charge in [-0.1, -0.05) is 215 Å². The van der Waals surface area contributed by atoms with E-state index in [4.69, 9.17) is 20.4 Å². The summed E-state index contributed by atoms with van der Waals surface area (Å²) in [5.74, 6) is 3.91. The van der Waals surface area contributed by atoms with Gasteiger partial charge >= 0.3 is 0 Å². The summed E-state index contributed by atoms with van der Waals surface area (Å²) in [5, 5.41) is 24.1. The van der Waals surface area contributed by atoms with E-state index in [1.54, 1.807) is 0 Å². The van der Waals surface area contributed by atoms with Crippen LogP contribution in [0.25, 0.3) is 112 Å². The Labute approximate surface area is 547 Å². The maximum absolute atomic E-state index is 4.85. The van der Waals surface area contributed by atoms with Crippen LogP contribution in [0.1, 0.15) is 103 Å². The number of benzene rings is 10. The van der Waals surface area contributed by atoms with E-state index in [-0.39, 0.29) is 69.9 Å². The minimum Gasteiger partial charge on any atom is -0.351 e. The van der Waals surface area contributed by atoms with E-state index in [0.29, 0.717) is 11.8 Å². The van der Waals surface area contributed by atoms with E-state index in [9.17, 15) is 0 Å². The van der Waals surface area contributed by atoms with Gasteiger partial charge in [0.15, 0.2) is 11.6 Å². The molecule has 0 aliphatic rings. The molecule has 4 aromatic heterocycles. The molecule has 0 saturated carbocycles. The van der Waals surface area contributed by atoms with E-state index < -0.39 is 0 Å². The second-order valence-corrected chi connectivity index (χ2v) is 22.0. The summed E-state index contributed by atoms with van der Waals surface area (Å²) in [6.45, 7) is 17.6. The quantitative estimate of drug-likeness (QED) is 0.128. The summed E-state index contributed by atoms with van der Waals surface area (Å²) in [6.07, 6.45) is 0. The molecule has 0 unspecified atom stereocenters. The Balaban J connectivity index is 0.000000236. The van der Waals surface area contributed by atoms with Gasteiger partial charge in [-0.3, -0.25) is 0 Å². The molecule has 450 valence electrons. The largest absolute Gasteiger partial charge is 0.351 e. The Bertz CT molecular complexity index is 4540. The van der Waals surface area contributed by atoms with Crippen molar-refractivity contribution in [3.63, 3.8) is 0 Å². The molecule has 8 nitrogen and oxygen atoms in total. The summed E-state index contributed by atoms with van der Waals surface area (Å²) < 4.78 is 9.09. The molecule has 0 aliphatic heterocycles. The molecule has 2 radical (unpaired) electrons. The number of fused-ring (bicyclic) bond motifs is 6. The number of para-hydroxylation sites is 6. The van der Waals surface area contributed by atoms with Gasteiger partial charge in [0, 0.05) is 106 Å². The minimum absolute atomic E-state index is 0. The fourth-order valence-corrected chi connectivity index (χ4v) is 12.1. The molecule has 10 aromatic carbocycles. The summed E-state index contributed by atoms with van der Waals surface area (Å²) in [4.78, 5) is 0. The molecule has 0 aliphatic carbocycles. The first kappa shape index (κ1) is 66.9. The Kier molecular flexibility index (Phi) is 21.3. The molecule has 0 atom stereocenters. The van der Waals surface area contributed by atoms with Crippen LogP contribution in [-0.4, -0.2) is 38.7 Å². The minimum atomic E-state index is 0. The molecule has 0 N–H and O–H groups in total. The zero-order chi connectivity index (χ0) is 56.2. The van der Waals surface area contributed by atoms with Crippen molar-refractivity contribution in [3.05, 3.63) is 264 Å². The van der Waals surface area contributed by atoms with Crippen LogP contribution in [0.5, 0.6) is 0 Å². The third kappa shape index (κ3) is 11.8. The molecular weight excluding hydrogens is 1430 g/mol. The molecule has 14 rings (SSSR count). The molecule has 10 heteroatoms. The molecule has 0 fully saturated rings. The molecule has 0 bridgehead atoms. The van der Waals surface area contributed by atoms with Gasteiger partial charge in [-0.2, -0.15) is 10.2 Å². The molecular formula is C78H78Ir2N8-2. The Hall–Kier alpha value is -8.62. The summed E-state index contributed by atoms with van der Waals surface area (Å²) in [5.41, 5.74) is 20.3. The van der Waals surface area contributed by atoms with Crippen molar-refractivity contribution in [3.8, 4) is 68.3 Å². The molecule has 14 aromatic rings. The molecule has 88 heavy (non-hydrogen) atoms. The van der Waals surface area contributed by atoms with Crippen molar-refractivity contribution in [1.29, 1.82) is 0 Å². The first-order valence-electron chi connectivity index (χ1n) is 28.3. The zero-order valence-electron chi connectivity index (χ0n) is 48.2. The third-order valence-electron chi connectivity index (χ3n) is 16.1. The maximum Gasteiger partial charge on any atom is 0.159 e. The van der Waals surface area contributed by atoms with Gasteiger partial charge in [-0.05, 0) is 109 Å². The number of aromatic nitrogens is 8. The monoisotopic (exact) mass is 1510 g/mol. The Morgan fingerprint density at radius 2 is 0.614 bits per heavy atom. The smallest absolute Gasteiger partial charge is 0.159 e. The third-order valence-corrected chi connectivity index (χ3v) is 16.1. The first-order valence-corrected chi connectivity index (χ1v) is 28.3. The average molecular weight is 1510 g/mol. The van der Waals surface area contributed by atoms with Crippen LogP contribution in [0.3, 0.4) is 0 Å². The van der Waals surface area contributed by atoms with Gasteiger partial charge in [-0.15, -0.1) is 69.9 Å². The second kappa shape index (κ2) is 28.0. The number of aryl methyl sites for hydroxylation is 4. The van der Waals surface area contributed by atoms with Crippen LogP contribution in [0, 0.1) is 39.8 Å². The van der Waals surface area contributed by atoms with E-state index in [1.807, 2.05) is 0 Å². The van der Waals surface area contributed by atoms with Gasteiger partial charge in [0.1, 0.15) is 0 Å². The molecule has 0 amide bonds. The second-order valence-electron chi connectivity index (χ2n) is 22.0. The van der Waals surface area contributed by atoms with Crippen molar-refractivity contribution >= 4 is 43.6 Å². The number of rotatable bonds is 10. The van der Waals surface area contributed by atoms with Gasteiger partial charge in [0.25, 0.3) is 0 Å². The van der Waals surface area contributed by atoms with Crippen LogP contribution in [0.4, 0.5) is 0 Å². The summed E-state index contributed by atoms with van der Waals surface area (Å²) in [6, 6.07) is 84.0. The van der Waals surface area contributed by atoms with Crippen LogP contribution in [0.15, 0.2) is 218 Å². The normalized spacial score (nSPS) is 10.8. The number of hydrogen-bond donors (Lipinski definition) is 0. The van der Waals surface area contributed by atoms with E-state index in [1.165, 1.54) is 77.1 Å². The molecule has 4 heterocycles. The zero-order valence-corrected chi connectivity index (χ0v) is 53.0. The van der Waals surface area contributed by atoms with Gasteiger partial charge in [-0.25, -0.2) is 0 Å². The fourth-order valence-electron chi connectivity index (χ4n) is 12.1. The van der Waals surface area contributed by atoms with Crippen molar-refractivity contribution in [2.45, 2.75) is 96.9 Å². The van der Waals surface area contributed by atoms with E-state index >= 15 is 0 Å². The predicted molar refractivity (Wildman–Crippen MR) is 365 cm³/mol. The van der Waals surface area contributed by atoms with E-state index in [0.717, 1.165) is 68.2 Å². The Morgan fingerprint density at radius 1 is 0.307 bits per heavy atom. The number of nitrogens with zero attached hydrogens (tertiary/aromatic N) is 8. The molecule has 0 spiro atoms. The topological polar surface area (TPSA) is 71.3 Å².